The lowest BCUT2D eigenvalue weighted by molar-refractivity contribution is -0.137. The molecule has 5 rings (SSSR count). The number of hydrogen-bond acceptors (Lipinski definition) is 4. The third kappa shape index (κ3) is 5.85. The number of fused-ring (bicyclic) bond motifs is 1. The van der Waals surface area contributed by atoms with Crippen LogP contribution in [0.1, 0.15) is 54.3 Å². The molecule has 10 heteroatoms. The van der Waals surface area contributed by atoms with Crippen LogP contribution in [0.5, 0.6) is 0 Å². The molecule has 2 aromatic heterocycles. The molecule has 3 aromatic rings. The lowest BCUT2D eigenvalue weighted by Gasteiger charge is -2.31. The quantitative estimate of drug-likeness (QED) is 0.523. The summed E-state index contributed by atoms with van der Waals surface area (Å²) in [7, 11) is 0. The number of hydrogen-bond donors (Lipinski definition) is 1. The number of halogens is 3. The van der Waals surface area contributed by atoms with Crippen molar-refractivity contribution in [3.63, 3.8) is 0 Å². The third-order valence-electron chi connectivity index (χ3n) is 6.22. The Morgan fingerprint density at radius 3 is 2.48 bits per heavy atom. The van der Waals surface area contributed by atoms with Crippen molar-refractivity contribution in [1.82, 2.24) is 19.9 Å². The molecule has 1 N–H and O–H groups in total. The average molecular weight is 499 g/mol. The van der Waals surface area contributed by atoms with Crippen molar-refractivity contribution >= 4 is 32.6 Å². The number of alkyl halides is 3. The minimum Gasteiger partial charge on any atom is -0.373 e. The van der Waals surface area contributed by atoms with Crippen LogP contribution in [0.4, 0.5) is 13.2 Å². The van der Waals surface area contributed by atoms with Gasteiger partial charge in [-0.1, -0.05) is 30.3 Å². The fraction of sp³-hybridized carbons (Fsp3) is 0.478. The van der Waals surface area contributed by atoms with E-state index in [1.54, 1.807) is 12.3 Å². The lowest BCUT2D eigenvalue weighted by atomic mass is 9.97. The van der Waals surface area contributed by atoms with Gasteiger partial charge in [-0.25, -0.2) is 0 Å². The van der Waals surface area contributed by atoms with E-state index in [1.165, 1.54) is 4.40 Å². The van der Waals surface area contributed by atoms with E-state index in [-0.39, 0.29) is 56.9 Å². The van der Waals surface area contributed by atoms with Gasteiger partial charge in [0.1, 0.15) is 11.4 Å². The molecule has 0 unspecified atom stereocenters. The normalized spacial score (nSPS) is 20.8. The van der Waals surface area contributed by atoms with Gasteiger partial charge in [-0.15, -0.1) is 10.2 Å². The second-order valence-corrected chi connectivity index (χ2v) is 8.54. The van der Waals surface area contributed by atoms with Crippen LogP contribution < -0.4 is 5.32 Å². The molecule has 5 nitrogen and oxygen atoms in total. The van der Waals surface area contributed by atoms with Crippen molar-refractivity contribution < 1.29 is 17.9 Å². The summed E-state index contributed by atoms with van der Waals surface area (Å²) in [5.74, 6) is 1.13. The first kappa shape index (κ1) is 25.9. The number of pyridine rings is 1. The van der Waals surface area contributed by atoms with Crippen molar-refractivity contribution in [2.75, 3.05) is 6.61 Å². The fourth-order valence-corrected chi connectivity index (χ4v) is 4.35. The molecule has 33 heavy (non-hydrogen) atoms. The zero-order valence-electron chi connectivity index (χ0n) is 18.1. The van der Waals surface area contributed by atoms with Gasteiger partial charge in [0.15, 0.2) is 5.65 Å². The van der Waals surface area contributed by atoms with E-state index in [4.69, 9.17) is 4.74 Å². The van der Waals surface area contributed by atoms with Crippen molar-refractivity contribution in [3.8, 4) is 0 Å². The molecule has 1 aromatic carbocycles. The molecule has 0 bridgehead atoms. The monoisotopic (exact) mass is 498 g/mol. The highest BCUT2D eigenvalue weighted by molar-refractivity contribution is 7.59. The molecule has 1 saturated heterocycles. The Morgan fingerprint density at radius 2 is 1.79 bits per heavy atom. The summed E-state index contributed by atoms with van der Waals surface area (Å²) < 4.78 is 49.3. The Labute approximate surface area is 205 Å². The maximum absolute atomic E-state index is 14.0. The average Bonchev–Trinajstić information content (AvgIpc) is 3.50. The number of ether oxygens (including phenoxy) is 1. The molecular weight excluding hydrogens is 469 g/mol. The van der Waals surface area contributed by atoms with Gasteiger partial charge in [-0.2, -0.15) is 40.2 Å². The molecule has 2 fully saturated rings. The van der Waals surface area contributed by atoms with E-state index in [9.17, 15) is 13.2 Å². The number of aromatic nitrogens is 3. The van der Waals surface area contributed by atoms with Crippen LogP contribution in [-0.4, -0.2) is 27.2 Å². The van der Waals surface area contributed by atoms with Gasteiger partial charge in [0.2, 0.25) is 0 Å². The summed E-state index contributed by atoms with van der Waals surface area (Å²) in [6.45, 7) is 0.708. The van der Waals surface area contributed by atoms with E-state index < -0.39 is 11.7 Å². The number of nitrogens with zero attached hydrogens (tertiary/aromatic N) is 3. The maximum Gasteiger partial charge on any atom is 0.420 e. The third-order valence-corrected chi connectivity index (χ3v) is 6.22. The van der Waals surface area contributed by atoms with Gasteiger partial charge in [0.05, 0.1) is 6.10 Å². The topological polar surface area (TPSA) is 51.5 Å². The van der Waals surface area contributed by atoms with Gasteiger partial charge in [0.25, 0.3) is 0 Å². The number of rotatable bonds is 6. The molecule has 2 aliphatic rings. The molecule has 1 saturated carbocycles. The van der Waals surface area contributed by atoms with E-state index in [2.05, 4.69) is 15.5 Å². The largest absolute Gasteiger partial charge is 0.420 e. The fourth-order valence-electron chi connectivity index (χ4n) is 4.35. The van der Waals surface area contributed by atoms with Gasteiger partial charge >= 0.3 is 6.18 Å². The number of benzene rings is 1. The Balaban J connectivity index is 0.00000153. The highest BCUT2D eigenvalue weighted by Crippen LogP contribution is 2.37. The molecule has 0 radical (unpaired) electrons. The van der Waals surface area contributed by atoms with Crippen LogP contribution in [0.3, 0.4) is 0 Å². The van der Waals surface area contributed by atoms with Crippen LogP contribution in [-0.2, 0) is 23.9 Å². The van der Waals surface area contributed by atoms with E-state index in [1.807, 2.05) is 30.3 Å². The minimum absolute atomic E-state index is 0. The van der Waals surface area contributed by atoms with Crippen LogP contribution in [0.25, 0.3) is 5.65 Å². The molecule has 3 heterocycles. The summed E-state index contributed by atoms with van der Waals surface area (Å²) in [6, 6.07) is 11.6. The second-order valence-electron chi connectivity index (χ2n) is 8.54. The predicted molar refractivity (Wildman–Crippen MR) is 130 cm³/mol. The van der Waals surface area contributed by atoms with Crippen molar-refractivity contribution in [1.29, 1.82) is 0 Å². The van der Waals surface area contributed by atoms with E-state index in [0.29, 0.717) is 24.8 Å². The molecule has 1 aliphatic heterocycles. The first-order chi connectivity index (χ1) is 15.0. The second kappa shape index (κ2) is 10.7. The first-order valence-electron chi connectivity index (χ1n) is 10.8. The Kier molecular flexibility index (Phi) is 8.36. The zero-order valence-corrected chi connectivity index (χ0v) is 20.1. The minimum atomic E-state index is -4.49. The van der Waals surface area contributed by atoms with Gasteiger partial charge < -0.3 is 10.1 Å². The molecule has 180 valence electrons. The summed E-state index contributed by atoms with van der Waals surface area (Å²) in [6.07, 6.45) is 1.53. The summed E-state index contributed by atoms with van der Waals surface area (Å²) in [5.41, 5.74) is 0.506. The SMILES string of the molecule is FC(F)(F)c1c(CN[C@H]2CCO[C@H](c3ccccc3)C2)ccn2c(CC3CC3)nnc12.S.S. The standard InChI is InChI=1S/C23H25F3N4O.2H2S/c24-23(25,26)21-17(8-10-30-20(12-15-6-7-15)28-29-22(21)30)14-27-18-9-11-31-19(13-18)16-4-2-1-3-5-16;;/h1-5,8,10,15,18-19,27H,6-7,9,11-14H2;2*1H2/t18-,19-;;/m0../s1. The molecule has 2 atom stereocenters. The van der Waals surface area contributed by atoms with E-state index in [0.717, 1.165) is 31.2 Å². The summed E-state index contributed by atoms with van der Waals surface area (Å²) in [4.78, 5) is 0. The molecule has 0 amide bonds. The Bertz CT molecular complexity index is 1060. The van der Waals surface area contributed by atoms with Gasteiger partial charge in [0, 0.05) is 31.8 Å². The van der Waals surface area contributed by atoms with Crippen LogP contribution in [0, 0.1) is 5.92 Å². The van der Waals surface area contributed by atoms with Crippen molar-refractivity contribution in [2.45, 2.75) is 57.0 Å². The Morgan fingerprint density at radius 1 is 1.03 bits per heavy atom. The first-order valence-corrected chi connectivity index (χ1v) is 10.8. The van der Waals surface area contributed by atoms with E-state index >= 15 is 0 Å². The van der Waals surface area contributed by atoms with Crippen molar-refractivity contribution in [3.05, 3.63) is 65.1 Å². The molecule has 1 aliphatic carbocycles. The Hall–Kier alpha value is -1.75. The highest BCUT2D eigenvalue weighted by atomic mass is 32.1. The zero-order chi connectivity index (χ0) is 21.4. The van der Waals surface area contributed by atoms with Gasteiger partial charge in [-0.3, -0.25) is 4.40 Å². The van der Waals surface area contributed by atoms with Gasteiger partial charge in [-0.05, 0) is 48.8 Å². The highest BCUT2D eigenvalue weighted by Gasteiger charge is 2.38. The van der Waals surface area contributed by atoms with Crippen LogP contribution in [0.2, 0.25) is 0 Å². The molecule has 0 spiro atoms. The van der Waals surface area contributed by atoms with Crippen LogP contribution >= 0.6 is 27.0 Å². The summed E-state index contributed by atoms with van der Waals surface area (Å²) >= 11 is 0. The molecular formula is C23H29F3N4OS2. The summed E-state index contributed by atoms with van der Waals surface area (Å²) in [5, 5.41) is 11.3. The smallest absolute Gasteiger partial charge is 0.373 e. The van der Waals surface area contributed by atoms with Crippen molar-refractivity contribution in [2.24, 2.45) is 5.92 Å². The maximum atomic E-state index is 14.0. The number of nitrogens with one attached hydrogen (secondary N) is 1. The predicted octanol–water partition coefficient (Wildman–Crippen LogP) is 4.94. The van der Waals surface area contributed by atoms with Crippen LogP contribution in [0.15, 0.2) is 42.6 Å². The lowest BCUT2D eigenvalue weighted by Crippen LogP contribution is -2.36.